The molecule has 0 amide bonds. The zero-order valence-electron chi connectivity index (χ0n) is 13.0. The lowest BCUT2D eigenvalue weighted by atomic mass is 9.99. The highest BCUT2D eigenvalue weighted by molar-refractivity contribution is 5.72. The molecule has 0 aliphatic carbocycles. The molecule has 0 bridgehead atoms. The topological polar surface area (TPSA) is 30.5 Å². The van der Waals surface area contributed by atoms with Crippen LogP contribution in [0.5, 0.6) is 11.5 Å². The van der Waals surface area contributed by atoms with Crippen LogP contribution in [0.25, 0.3) is 0 Å². The van der Waals surface area contributed by atoms with Crippen LogP contribution in [0, 0.1) is 20.8 Å². The van der Waals surface area contributed by atoms with Crippen LogP contribution in [0.3, 0.4) is 0 Å². The van der Waals surface area contributed by atoms with E-state index in [0.717, 1.165) is 40.4 Å². The van der Waals surface area contributed by atoms with E-state index in [1.165, 1.54) is 5.56 Å². The van der Waals surface area contributed by atoms with Gasteiger partial charge in [0, 0.05) is 5.56 Å². The second kappa shape index (κ2) is 5.32. The summed E-state index contributed by atoms with van der Waals surface area (Å²) in [6, 6.07) is 10.3. The summed E-state index contributed by atoms with van der Waals surface area (Å²) in [7, 11) is 1.72. The number of fused-ring (bicyclic) bond motifs is 1. The van der Waals surface area contributed by atoms with Crippen LogP contribution in [-0.2, 0) is 0 Å². The van der Waals surface area contributed by atoms with Gasteiger partial charge in [0.15, 0.2) is 0 Å². The maximum absolute atomic E-state index is 6.29. The summed E-state index contributed by atoms with van der Waals surface area (Å²) < 4.78 is 11.8. The second-order valence-electron chi connectivity index (χ2n) is 5.51. The van der Waals surface area contributed by atoms with E-state index in [2.05, 4.69) is 38.2 Å². The average molecular weight is 283 g/mol. The number of benzene rings is 2. The van der Waals surface area contributed by atoms with Crippen molar-refractivity contribution in [2.75, 3.05) is 19.0 Å². The minimum absolute atomic E-state index is 0.0459. The van der Waals surface area contributed by atoms with Gasteiger partial charge in [-0.1, -0.05) is 30.3 Å². The lowest BCUT2D eigenvalue weighted by Crippen LogP contribution is -2.25. The van der Waals surface area contributed by atoms with E-state index in [-0.39, 0.29) is 6.10 Å². The molecule has 2 aromatic rings. The van der Waals surface area contributed by atoms with Gasteiger partial charge in [0.2, 0.25) is 0 Å². The predicted molar refractivity (Wildman–Crippen MR) is 85.5 cm³/mol. The number of ether oxygens (including phenoxy) is 2. The van der Waals surface area contributed by atoms with E-state index < -0.39 is 0 Å². The van der Waals surface area contributed by atoms with Crippen molar-refractivity contribution in [3.8, 4) is 11.5 Å². The number of nitrogens with one attached hydrogen (secondary N) is 1. The van der Waals surface area contributed by atoms with Gasteiger partial charge in [-0.25, -0.2) is 0 Å². The summed E-state index contributed by atoms with van der Waals surface area (Å²) >= 11 is 0. The Morgan fingerprint density at radius 1 is 1.05 bits per heavy atom. The van der Waals surface area contributed by atoms with Gasteiger partial charge in [-0.2, -0.15) is 0 Å². The first kappa shape index (κ1) is 13.8. The molecule has 0 radical (unpaired) electrons. The van der Waals surface area contributed by atoms with E-state index in [0.29, 0.717) is 0 Å². The first-order valence-corrected chi connectivity index (χ1v) is 7.26. The van der Waals surface area contributed by atoms with Crippen LogP contribution in [0.2, 0.25) is 0 Å². The van der Waals surface area contributed by atoms with E-state index in [1.807, 2.05) is 18.2 Å². The molecule has 1 aliphatic rings. The zero-order chi connectivity index (χ0) is 15.0. The summed E-state index contributed by atoms with van der Waals surface area (Å²) in [5.74, 6) is 1.89. The van der Waals surface area contributed by atoms with Crippen molar-refractivity contribution in [2.45, 2.75) is 26.9 Å². The molecule has 0 fully saturated rings. The number of hydrogen-bond acceptors (Lipinski definition) is 3. The molecule has 0 spiro atoms. The van der Waals surface area contributed by atoms with Crippen molar-refractivity contribution in [1.82, 2.24) is 0 Å². The molecular weight excluding hydrogens is 262 g/mol. The van der Waals surface area contributed by atoms with Gasteiger partial charge in [-0.3, -0.25) is 0 Å². The number of hydrogen-bond donors (Lipinski definition) is 1. The highest BCUT2D eigenvalue weighted by Crippen LogP contribution is 2.45. The van der Waals surface area contributed by atoms with E-state index in [9.17, 15) is 0 Å². The van der Waals surface area contributed by atoms with Crippen molar-refractivity contribution in [1.29, 1.82) is 0 Å². The smallest absolute Gasteiger partial charge is 0.147 e. The molecule has 0 aromatic heterocycles. The first-order valence-electron chi connectivity index (χ1n) is 7.26. The second-order valence-corrected chi connectivity index (χ2v) is 5.51. The quantitative estimate of drug-likeness (QED) is 0.897. The molecule has 110 valence electrons. The van der Waals surface area contributed by atoms with E-state index >= 15 is 0 Å². The van der Waals surface area contributed by atoms with E-state index in [4.69, 9.17) is 9.47 Å². The standard InChI is InChI=1S/C18H21NO2/c1-11-12(2)18-16(13(3)17(11)20-4)19-10-15(21-18)14-8-6-5-7-9-14/h5-9,15,19H,10H2,1-4H3. The van der Waals surface area contributed by atoms with Crippen molar-refractivity contribution in [3.63, 3.8) is 0 Å². The van der Waals surface area contributed by atoms with Crippen molar-refractivity contribution in [2.24, 2.45) is 0 Å². The third kappa shape index (κ3) is 2.23. The Kier molecular flexibility index (Phi) is 3.50. The Labute approximate surface area is 125 Å². The van der Waals surface area contributed by atoms with Gasteiger partial charge in [-0.05, 0) is 37.5 Å². The molecule has 3 heteroatoms. The summed E-state index contributed by atoms with van der Waals surface area (Å²) in [6.45, 7) is 7.01. The maximum atomic E-state index is 6.29. The van der Waals surface area contributed by atoms with Crippen LogP contribution in [-0.4, -0.2) is 13.7 Å². The summed E-state index contributed by atoms with van der Waals surface area (Å²) in [4.78, 5) is 0. The minimum Gasteiger partial charge on any atom is -0.496 e. The Balaban J connectivity index is 2.04. The molecule has 0 saturated heterocycles. The van der Waals surface area contributed by atoms with Gasteiger partial charge in [-0.15, -0.1) is 0 Å². The molecule has 3 rings (SSSR count). The zero-order valence-corrected chi connectivity index (χ0v) is 13.0. The molecule has 1 aliphatic heterocycles. The molecule has 2 aromatic carbocycles. The molecule has 0 saturated carbocycles. The van der Waals surface area contributed by atoms with Crippen LogP contribution >= 0.6 is 0 Å². The Morgan fingerprint density at radius 3 is 2.43 bits per heavy atom. The molecule has 1 atom stereocenters. The SMILES string of the molecule is COc1c(C)c(C)c2c(c1C)NCC(c1ccccc1)O2. The molecule has 1 heterocycles. The molecule has 21 heavy (non-hydrogen) atoms. The van der Waals surface area contributed by atoms with Gasteiger partial charge in [0.25, 0.3) is 0 Å². The monoisotopic (exact) mass is 283 g/mol. The van der Waals surface area contributed by atoms with Crippen LogP contribution in [0.15, 0.2) is 30.3 Å². The molecule has 1 unspecified atom stereocenters. The fourth-order valence-corrected chi connectivity index (χ4v) is 2.99. The van der Waals surface area contributed by atoms with Gasteiger partial charge in [0.1, 0.15) is 17.6 Å². The summed E-state index contributed by atoms with van der Waals surface area (Å²) in [5, 5.41) is 3.52. The molecule has 3 nitrogen and oxygen atoms in total. The number of rotatable bonds is 2. The lowest BCUT2D eigenvalue weighted by Gasteiger charge is -2.31. The third-order valence-electron chi connectivity index (χ3n) is 4.29. The average Bonchev–Trinajstić information content (AvgIpc) is 2.54. The molecule has 1 N–H and O–H groups in total. The lowest BCUT2D eigenvalue weighted by molar-refractivity contribution is 0.208. The van der Waals surface area contributed by atoms with Crippen LogP contribution in [0.1, 0.15) is 28.4 Å². The van der Waals surface area contributed by atoms with Crippen molar-refractivity contribution < 1.29 is 9.47 Å². The highest BCUT2D eigenvalue weighted by Gasteiger charge is 2.26. The normalized spacial score (nSPS) is 16.7. The largest absolute Gasteiger partial charge is 0.496 e. The summed E-state index contributed by atoms with van der Waals surface area (Å²) in [6.07, 6.45) is 0.0459. The predicted octanol–water partition coefficient (Wildman–Crippen LogP) is 4.17. The number of anilines is 1. The Morgan fingerprint density at radius 2 is 1.76 bits per heavy atom. The van der Waals surface area contributed by atoms with Crippen LogP contribution in [0.4, 0.5) is 5.69 Å². The maximum Gasteiger partial charge on any atom is 0.147 e. The van der Waals surface area contributed by atoms with Crippen molar-refractivity contribution in [3.05, 3.63) is 52.6 Å². The Hall–Kier alpha value is -2.16. The first-order chi connectivity index (χ1) is 10.1. The van der Waals surface area contributed by atoms with Gasteiger partial charge < -0.3 is 14.8 Å². The van der Waals surface area contributed by atoms with Gasteiger partial charge >= 0.3 is 0 Å². The number of methoxy groups -OCH3 is 1. The molecular formula is C18H21NO2. The highest BCUT2D eigenvalue weighted by atomic mass is 16.5. The summed E-state index contributed by atoms with van der Waals surface area (Å²) in [5.41, 5.74) is 5.65. The van der Waals surface area contributed by atoms with E-state index in [1.54, 1.807) is 7.11 Å². The van der Waals surface area contributed by atoms with Gasteiger partial charge in [0.05, 0.1) is 19.3 Å². The van der Waals surface area contributed by atoms with Crippen molar-refractivity contribution >= 4 is 5.69 Å². The van der Waals surface area contributed by atoms with Crippen LogP contribution < -0.4 is 14.8 Å². The minimum atomic E-state index is 0.0459. The Bertz CT molecular complexity index is 665. The fraction of sp³-hybridized carbons (Fsp3) is 0.333. The third-order valence-corrected chi connectivity index (χ3v) is 4.29. The fourth-order valence-electron chi connectivity index (χ4n) is 2.99.